The van der Waals surface area contributed by atoms with Crippen LogP contribution in [0.1, 0.15) is 37.7 Å². The van der Waals surface area contributed by atoms with E-state index in [4.69, 9.17) is 5.26 Å². The zero-order valence-electron chi connectivity index (χ0n) is 11.8. The summed E-state index contributed by atoms with van der Waals surface area (Å²) in [5, 5.41) is 13.5. The normalized spacial score (nSPS) is 14.6. The molecule has 0 saturated heterocycles. The van der Waals surface area contributed by atoms with Crippen molar-refractivity contribution in [2.75, 3.05) is 0 Å². The molecule has 1 aromatic heterocycles. The molecule has 0 radical (unpaired) electrons. The Morgan fingerprint density at radius 3 is 2.95 bits per heavy atom. The van der Waals surface area contributed by atoms with E-state index < -0.39 is 0 Å². The number of hydrogen-bond acceptors (Lipinski definition) is 2. The summed E-state index contributed by atoms with van der Waals surface area (Å²) in [6, 6.07) is 11.7. The summed E-state index contributed by atoms with van der Waals surface area (Å²) in [5.74, 6) is 0. The first-order valence-electron chi connectivity index (χ1n) is 7.55. The first kappa shape index (κ1) is 13.2. The van der Waals surface area contributed by atoms with Gasteiger partial charge >= 0.3 is 0 Å². The lowest BCUT2D eigenvalue weighted by Gasteiger charge is -2.10. The van der Waals surface area contributed by atoms with E-state index in [1.165, 1.54) is 29.3 Å². The topological polar surface area (TPSA) is 40.8 Å². The number of fused-ring (bicyclic) bond motifs is 1. The van der Waals surface area contributed by atoms with E-state index in [-0.39, 0.29) is 0 Å². The maximum Gasteiger partial charge on any atom is 0.0621 e. The Balaban J connectivity index is 1.75. The monoisotopic (exact) mass is 267 g/mol. The second-order valence-corrected chi connectivity index (χ2v) is 5.63. The zero-order valence-corrected chi connectivity index (χ0v) is 11.8. The van der Waals surface area contributed by atoms with Gasteiger partial charge in [-0.15, -0.1) is 0 Å². The summed E-state index contributed by atoms with van der Waals surface area (Å²) in [6.07, 6.45) is 7.55. The highest BCUT2D eigenvalue weighted by Gasteiger charge is 2.20. The van der Waals surface area contributed by atoms with Crippen LogP contribution >= 0.6 is 0 Å². The van der Waals surface area contributed by atoms with E-state index in [0.29, 0.717) is 6.42 Å². The van der Waals surface area contributed by atoms with Gasteiger partial charge in [0, 0.05) is 31.7 Å². The molecular formula is C17H21N3. The molecule has 1 N–H and O–H groups in total. The van der Waals surface area contributed by atoms with Gasteiger partial charge in [-0.1, -0.05) is 18.2 Å². The van der Waals surface area contributed by atoms with Crippen LogP contribution in [0.4, 0.5) is 0 Å². The molecule has 1 heterocycles. The van der Waals surface area contributed by atoms with Crippen LogP contribution in [0.3, 0.4) is 0 Å². The first-order chi connectivity index (χ1) is 9.88. The van der Waals surface area contributed by atoms with Crippen LogP contribution in [-0.4, -0.2) is 10.6 Å². The fraction of sp³-hybridized carbons (Fsp3) is 0.471. The third-order valence-electron chi connectivity index (χ3n) is 3.97. The molecule has 1 saturated carbocycles. The third-order valence-corrected chi connectivity index (χ3v) is 3.97. The van der Waals surface area contributed by atoms with Crippen LogP contribution in [0.25, 0.3) is 10.9 Å². The number of hydrogen-bond donors (Lipinski definition) is 1. The zero-order chi connectivity index (χ0) is 13.8. The highest BCUT2D eigenvalue weighted by Crippen LogP contribution is 2.23. The molecule has 104 valence electrons. The minimum atomic E-state index is 0.662. The number of aromatic nitrogens is 1. The average Bonchev–Trinajstić information content (AvgIpc) is 3.21. The first-order valence-corrected chi connectivity index (χ1v) is 7.55. The van der Waals surface area contributed by atoms with Crippen molar-refractivity contribution >= 4 is 10.9 Å². The van der Waals surface area contributed by atoms with Gasteiger partial charge in [0.1, 0.15) is 0 Å². The molecule has 2 aromatic rings. The quantitative estimate of drug-likeness (QED) is 0.779. The summed E-state index contributed by atoms with van der Waals surface area (Å²) < 4.78 is 2.34. The van der Waals surface area contributed by atoms with Gasteiger partial charge in [0.2, 0.25) is 0 Å². The Morgan fingerprint density at radius 2 is 2.15 bits per heavy atom. The predicted molar refractivity (Wildman–Crippen MR) is 81.3 cm³/mol. The fourth-order valence-corrected chi connectivity index (χ4v) is 2.70. The summed E-state index contributed by atoms with van der Waals surface area (Å²) in [7, 11) is 0. The number of unbranched alkanes of at least 4 members (excludes halogenated alkanes) is 2. The van der Waals surface area contributed by atoms with E-state index in [1.807, 2.05) is 0 Å². The van der Waals surface area contributed by atoms with Crippen molar-refractivity contribution in [3.63, 3.8) is 0 Å². The summed E-state index contributed by atoms with van der Waals surface area (Å²) in [4.78, 5) is 0. The van der Waals surface area contributed by atoms with E-state index in [1.54, 1.807) is 0 Å². The number of benzene rings is 1. The lowest BCUT2D eigenvalue weighted by atomic mass is 10.1. The second-order valence-electron chi connectivity index (χ2n) is 5.63. The van der Waals surface area contributed by atoms with Gasteiger partial charge in [-0.25, -0.2) is 0 Å². The van der Waals surface area contributed by atoms with E-state index in [0.717, 1.165) is 32.0 Å². The Labute approximate surface area is 120 Å². The molecular weight excluding hydrogens is 246 g/mol. The molecule has 20 heavy (non-hydrogen) atoms. The van der Waals surface area contributed by atoms with Gasteiger partial charge in [0.05, 0.1) is 11.6 Å². The van der Waals surface area contributed by atoms with Crippen molar-refractivity contribution in [1.82, 2.24) is 9.88 Å². The second kappa shape index (κ2) is 6.11. The van der Waals surface area contributed by atoms with Gasteiger partial charge in [0.15, 0.2) is 0 Å². The lowest BCUT2D eigenvalue weighted by molar-refractivity contribution is 0.627. The fourth-order valence-electron chi connectivity index (χ4n) is 2.70. The Hall–Kier alpha value is -1.79. The van der Waals surface area contributed by atoms with Crippen LogP contribution in [-0.2, 0) is 13.1 Å². The average molecular weight is 267 g/mol. The van der Waals surface area contributed by atoms with Crippen molar-refractivity contribution in [1.29, 1.82) is 5.26 Å². The van der Waals surface area contributed by atoms with Crippen LogP contribution < -0.4 is 5.32 Å². The van der Waals surface area contributed by atoms with Crippen molar-refractivity contribution in [2.45, 2.75) is 51.2 Å². The van der Waals surface area contributed by atoms with Crippen molar-refractivity contribution in [3.8, 4) is 6.07 Å². The molecule has 0 amide bonds. The standard InChI is InChI=1S/C17H21N3/c18-10-2-1-3-11-20-12-9-14-5-4-6-15(17(14)20)13-19-16-7-8-16/h4-6,9,12,16,19H,1-3,7-8,11,13H2. The highest BCUT2D eigenvalue weighted by atomic mass is 15.0. The number of rotatable bonds is 7. The Kier molecular flexibility index (Phi) is 4.03. The van der Waals surface area contributed by atoms with Crippen LogP contribution in [0.2, 0.25) is 0 Å². The number of nitrogens with one attached hydrogen (secondary N) is 1. The minimum Gasteiger partial charge on any atom is -0.347 e. The van der Waals surface area contributed by atoms with Gasteiger partial charge in [-0.2, -0.15) is 5.26 Å². The number of para-hydroxylation sites is 1. The summed E-state index contributed by atoms with van der Waals surface area (Å²) in [5.41, 5.74) is 2.75. The molecule has 0 spiro atoms. The minimum absolute atomic E-state index is 0.662. The van der Waals surface area contributed by atoms with Crippen LogP contribution in [0.5, 0.6) is 0 Å². The third kappa shape index (κ3) is 3.02. The number of nitrogens with zero attached hydrogens (tertiary/aromatic N) is 2. The molecule has 3 nitrogen and oxygen atoms in total. The van der Waals surface area contributed by atoms with Gasteiger partial charge in [-0.3, -0.25) is 0 Å². The smallest absolute Gasteiger partial charge is 0.0621 e. The SMILES string of the molecule is N#CCCCCn1ccc2cccc(CNC3CC3)c21. The van der Waals surface area contributed by atoms with Crippen molar-refractivity contribution in [3.05, 3.63) is 36.0 Å². The molecule has 0 aliphatic heterocycles. The van der Waals surface area contributed by atoms with E-state index in [9.17, 15) is 0 Å². The van der Waals surface area contributed by atoms with Crippen LogP contribution in [0.15, 0.2) is 30.5 Å². The molecule has 1 aliphatic carbocycles. The molecule has 1 aliphatic rings. The number of aryl methyl sites for hydroxylation is 1. The van der Waals surface area contributed by atoms with Crippen molar-refractivity contribution < 1.29 is 0 Å². The van der Waals surface area contributed by atoms with Gasteiger partial charge in [0.25, 0.3) is 0 Å². The van der Waals surface area contributed by atoms with E-state index >= 15 is 0 Å². The predicted octanol–water partition coefficient (Wildman–Crippen LogP) is 3.59. The van der Waals surface area contributed by atoms with Gasteiger partial charge in [-0.05, 0) is 42.7 Å². The molecule has 3 rings (SSSR count). The highest BCUT2D eigenvalue weighted by molar-refractivity contribution is 5.83. The largest absolute Gasteiger partial charge is 0.347 e. The van der Waals surface area contributed by atoms with Gasteiger partial charge < -0.3 is 9.88 Å². The van der Waals surface area contributed by atoms with Crippen molar-refractivity contribution in [2.24, 2.45) is 0 Å². The maximum atomic E-state index is 8.60. The molecule has 3 heteroatoms. The van der Waals surface area contributed by atoms with Crippen LogP contribution in [0, 0.1) is 11.3 Å². The molecule has 0 bridgehead atoms. The molecule has 0 atom stereocenters. The Morgan fingerprint density at radius 1 is 1.25 bits per heavy atom. The Bertz CT molecular complexity index is 617. The summed E-state index contributed by atoms with van der Waals surface area (Å²) in [6.45, 7) is 1.97. The molecule has 0 unspecified atom stereocenters. The summed E-state index contributed by atoms with van der Waals surface area (Å²) >= 11 is 0. The molecule has 1 aromatic carbocycles. The maximum absolute atomic E-state index is 8.60. The number of nitriles is 1. The molecule has 1 fully saturated rings. The lowest BCUT2D eigenvalue weighted by Crippen LogP contribution is -2.16. The van der Waals surface area contributed by atoms with E-state index in [2.05, 4.69) is 46.4 Å².